The molecule has 0 aromatic carbocycles. The Hall–Kier alpha value is 0.01000. The average Bonchev–Trinajstić information content (AvgIpc) is 2.11. The maximum atomic E-state index is 5.82. The minimum absolute atomic E-state index is 0.392. The van der Waals surface area contributed by atoms with Gasteiger partial charge >= 0.3 is 0 Å². The van der Waals surface area contributed by atoms with Crippen LogP contribution in [0.25, 0.3) is 0 Å². The second-order valence-electron chi connectivity index (χ2n) is 2.52. The zero-order valence-corrected chi connectivity index (χ0v) is 9.59. The maximum Gasteiger partial charge on any atom is 0.165 e. The SMILES string of the molecule is CCCCSc1cc(Cl)nnc1Cl. The Kier molecular flexibility index (Phi) is 4.84. The Morgan fingerprint density at radius 1 is 1.38 bits per heavy atom. The van der Waals surface area contributed by atoms with Crippen molar-refractivity contribution in [2.45, 2.75) is 24.7 Å². The summed E-state index contributed by atoms with van der Waals surface area (Å²) in [6, 6.07) is 1.75. The fourth-order valence-corrected chi connectivity index (χ4v) is 2.24. The molecule has 0 N–H and O–H groups in total. The molecular weight excluding hydrogens is 227 g/mol. The molecule has 5 heteroatoms. The number of hydrogen-bond acceptors (Lipinski definition) is 3. The van der Waals surface area contributed by atoms with Gasteiger partial charge in [0.2, 0.25) is 0 Å². The van der Waals surface area contributed by atoms with Crippen molar-refractivity contribution in [3.63, 3.8) is 0 Å². The van der Waals surface area contributed by atoms with E-state index < -0.39 is 0 Å². The van der Waals surface area contributed by atoms with Gasteiger partial charge in [0, 0.05) is 4.90 Å². The molecule has 0 saturated heterocycles. The molecular formula is C8H10Cl2N2S. The van der Waals surface area contributed by atoms with Gasteiger partial charge < -0.3 is 0 Å². The first-order valence-electron chi connectivity index (χ1n) is 4.05. The number of aromatic nitrogens is 2. The van der Waals surface area contributed by atoms with E-state index in [1.54, 1.807) is 17.8 Å². The molecule has 72 valence electrons. The third kappa shape index (κ3) is 3.71. The van der Waals surface area contributed by atoms with Gasteiger partial charge in [-0.2, -0.15) is 0 Å². The van der Waals surface area contributed by atoms with Gasteiger partial charge in [-0.1, -0.05) is 36.5 Å². The van der Waals surface area contributed by atoms with E-state index in [0.717, 1.165) is 10.6 Å². The highest BCUT2D eigenvalue weighted by molar-refractivity contribution is 7.99. The van der Waals surface area contributed by atoms with Crippen molar-refractivity contribution in [1.82, 2.24) is 10.2 Å². The largest absolute Gasteiger partial charge is 0.165 e. The number of hydrogen-bond donors (Lipinski definition) is 0. The Labute approximate surface area is 92.0 Å². The van der Waals surface area contributed by atoms with Gasteiger partial charge in [0.15, 0.2) is 10.3 Å². The normalized spacial score (nSPS) is 10.4. The number of unbranched alkanes of at least 4 members (excludes halogenated alkanes) is 1. The highest BCUT2D eigenvalue weighted by Gasteiger charge is 2.03. The van der Waals surface area contributed by atoms with Crippen molar-refractivity contribution in [2.24, 2.45) is 0 Å². The van der Waals surface area contributed by atoms with Crippen LogP contribution in [0.5, 0.6) is 0 Å². The summed E-state index contributed by atoms with van der Waals surface area (Å²) < 4.78 is 0. The Morgan fingerprint density at radius 2 is 2.15 bits per heavy atom. The van der Waals surface area contributed by atoms with Gasteiger partial charge in [-0.15, -0.1) is 22.0 Å². The molecule has 0 aliphatic carbocycles. The maximum absolute atomic E-state index is 5.82. The molecule has 0 saturated carbocycles. The number of nitrogens with zero attached hydrogens (tertiary/aromatic N) is 2. The lowest BCUT2D eigenvalue weighted by molar-refractivity contribution is 0.895. The van der Waals surface area contributed by atoms with E-state index in [2.05, 4.69) is 17.1 Å². The number of rotatable bonds is 4. The summed E-state index contributed by atoms with van der Waals surface area (Å²) in [7, 11) is 0. The van der Waals surface area contributed by atoms with Gasteiger partial charge in [0.25, 0.3) is 0 Å². The monoisotopic (exact) mass is 236 g/mol. The predicted octanol–water partition coefficient (Wildman–Crippen LogP) is 3.68. The topological polar surface area (TPSA) is 25.8 Å². The minimum Gasteiger partial charge on any atom is -0.137 e. The van der Waals surface area contributed by atoms with E-state index in [1.165, 1.54) is 12.8 Å². The van der Waals surface area contributed by atoms with Gasteiger partial charge in [-0.05, 0) is 18.2 Å². The summed E-state index contributed by atoms with van der Waals surface area (Å²) in [4.78, 5) is 0.912. The first-order chi connectivity index (χ1) is 6.24. The first-order valence-corrected chi connectivity index (χ1v) is 5.79. The third-order valence-corrected chi connectivity index (χ3v) is 3.13. The lowest BCUT2D eigenvalue weighted by Crippen LogP contribution is -1.87. The second-order valence-corrected chi connectivity index (χ2v) is 4.41. The van der Waals surface area contributed by atoms with Crippen LogP contribution in [-0.4, -0.2) is 16.0 Å². The Balaban J connectivity index is 2.59. The summed E-state index contributed by atoms with van der Waals surface area (Å²) in [5.74, 6) is 1.04. The average molecular weight is 237 g/mol. The quantitative estimate of drug-likeness (QED) is 0.590. The Morgan fingerprint density at radius 3 is 2.85 bits per heavy atom. The van der Waals surface area contributed by atoms with E-state index in [4.69, 9.17) is 23.2 Å². The van der Waals surface area contributed by atoms with E-state index in [1.807, 2.05) is 0 Å². The van der Waals surface area contributed by atoms with Crippen molar-refractivity contribution in [2.75, 3.05) is 5.75 Å². The summed E-state index contributed by atoms with van der Waals surface area (Å²) in [6.07, 6.45) is 2.35. The molecule has 0 spiro atoms. The van der Waals surface area contributed by atoms with Gasteiger partial charge in [0.05, 0.1) is 0 Å². The minimum atomic E-state index is 0.392. The molecule has 1 rings (SSSR count). The van der Waals surface area contributed by atoms with E-state index in [0.29, 0.717) is 10.3 Å². The van der Waals surface area contributed by atoms with Crippen LogP contribution in [0.2, 0.25) is 10.3 Å². The van der Waals surface area contributed by atoms with E-state index in [-0.39, 0.29) is 0 Å². The summed E-state index contributed by atoms with van der Waals surface area (Å²) in [5.41, 5.74) is 0. The van der Waals surface area contributed by atoms with Crippen LogP contribution in [0.15, 0.2) is 11.0 Å². The van der Waals surface area contributed by atoms with Crippen LogP contribution in [-0.2, 0) is 0 Å². The summed E-state index contributed by atoms with van der Waals surface area (Å²) in [5, 5.41) is 8.19. The van der Waals surface area contributed by atoms with Crippen LogP contribution in [0, 0.1) is 0 Å². The summed E-state index contributed by atoms with van der Waals surface area (Å²) >= 11 is 13.2. The van der Waals surface area contributed by atoms with Gasteiger partial charge in [0.1, 0.15) is 0 Å². The zero-order chi connectivity index (χ0) is 9.68. The van der Waals surface area contributed by atoms with Crippen LogP contribution in [0.3, 0.4) is 0 Å². The van der Waals surface area contributed by atoms with Gasteiger partial charge in [-0.25, -0.2) is 0 Å². The van der Waals surface area contributed by atoms with Crippen LogP contribution < -0.4 is 0 Å². The first kappa shape index (κ1) is 11.1. The predicted molar refractivity (Wildman–Crippen MR) is 57.7 cm³/mol. The summed E-state index contributed by atoms with van der Waals surface area (Å²) in [6.45, 7) is 2.15. The number of thioether (sulfide) groups is 1. The molecule has 0 atom stereocenters. The highest BCUT2D eigenvalue weighted by Crippen LogP contribution is 2.27. The molecule has 2 nitrogen and oxygen atoms in total. The van der Waals surface area contributed by atoms with Crippen molar-refractivity contribution >= 4 is 35.0 Å². The van der Waals surface area contributed by atoms with Crippen molar-refractivity contribution in [3.05, 3.63) is 16.4 Å². The lowest BCUT2D eigenvalue weighted by Gasteiger charge is -2.01. The molecule has 0 aliphatic heterocycles. The fourth-order valence-electron chi connectivity index (χ4n) is 0.765. The molecule has 1 heterocycles. The smallest absolute Gasteiger partial charge is 0.137 e. The fraction of sp³-hybridized carbons (Fsp3) is 0.500. The standard InChI is InChI=1S/C8H10Cl2N2S/c1-2-3-4-13-6-5-7(9)11-12-8(6)10/h5H,2-4H2,1H3. The number of halogens is 2. The van der Waals surface area contributed by atoms with Crippen molar-refractivity contribution in [3.8, 4) is 0 Å². The second kappa shape index (κ2) is 5.68. The molecule has 0 radical (unpaired) electrons. The molecule has 0 aliphatic rings. The molecule has 0 amide bonds. The van der Waals surface area contributed by atoms with Crippen molar-refractivity contribution in [1.29, 1.82) is 0 Å². The molecule has 0 unspecified atom stereocenters. The molecule has 1 aromatic heterocycles. The molecule has 13 heavy (non-hydrogen) atoms. The van der Waals surface area contributed by atoms with E-state index in [9.17, 15) is 0 Å². The van der Waals surface area contributed by atoms with E-state index >= 15 is 0 Å². The van der Waals surface area contributed by atoms with Gasteiger partial charge in [-0.3, -0.25) is 0 Å². The third-order valence-electron chi connectivity index (χ3n) is 1.44. The molecule has 1 aromatic rings. The zero-order valence-electron chi connectivity index (χ0n) is 7.26. The Bertz CT molecular complexity index is 281. The van der Waals surface area contributed by atoms with Crippen LogP contribution in [0.1, 0.15) is 19.8 Å². The van der Waals surface area contributed by atoms with Crippen LogP contribution >= 0.6 is 35.0 Å². The van der Waals surface area contributed by atoms with Crippen LogP contribution in [0.4, 0.5) is 0 Å². The highest BCUT2D eigenvalue weighted by atomic mass is 35.5. The molecule has 0 bridgehead atoms. The van der Waals surface area contributed by atoms with Crippen molar-refractivity contribution < 1.29 is 0 Å². The molecule has 0 fully saturated rings. The lowest BCUT2D eigenvalue weighted by atomic mass is 10.4.